The van der Waals surface area contributed by atoms with Crippen LogP contribution in [0.1, 0.15) is 66.2 Å². The van der Waals surface area contributed by atoms with Gasteiger partial charge in [-0.3, -0.25) is 10.1 Å². The van der Waals surface area contributed by atoms with Gasteiger partial charge in [0.2, 0.25) is 6.29 Å². The summed E-state index contributed by atoms with van der Waals surface area (Å²) in [6.07, 6.45) is 1.10. The van der Waals surface area contributed by atoms with Gasteiger partial charge in [0.25, 0.3) is 0 Å². The summed E-state index contributed by atoms with van der Waals surface area (Å²) in [5.41, 5.74) is -0.724. The Morgan fingerprint density at radius 1 is 1.26 bits per heavy atom. The Hall–Kier alpha value is -1.27. The number of hydrogen-bond acceptors (Lipinski definition) is 5. The Bertz CT molecular complexity index is 524. The van der Waals surface area contributed by atoms with E-state index in [1.807, 2.05) is 0 Å². The minimum absolute atomic E-state index is 0.147. The van der Waals surface area contributed by atoms with E-state index < -0.39 is 38.1 Å². The number of alkyl carbamates (subject to hydrolysis) is 1. The van der Waals surface area contributed by atoms with Gasteiger partial charge >= 0.3 is 20.1 Å². The van der Waals surface area contributed by atoms with E-state index in [1.165, 1.54) is 6.92 Å². The molecule has 0 aromatic carbocycles. The highest BCUT2D eigenvalue weighted by atomic mass is 31.1. The Kier molecular flexibility index (Phi) is 9.60. The zero-order valence-electron chi connectivity index (χ0n) is 16.6. The number of ether oxygens (including phenoxy) is 2. The van der Waals surface area contributed by atoms with Crippen LogP contribution in [0.5, 0.6) is 0 Å². The van der Waals surface area contributed by atoms with Crippen LogP contribution in [0.2, 0.25) is 0 Å². The monoisotopic (exact) mass is 408 g/mol. The maximum absolute atomic E-state index is 14.0. The van der Waals surface area contributed by atoms with E-state index >= 15 is 0 Å². The van der Waals surface area contributed by atoms with Gasteiger partial charge in [0, 0.05) is 12.8 Å². The smallest absolute Gasteiger partial charge is 0.425 e. The van der Waals surface area contributed by atoms with Crippen molar-refractivity contribution in [2.24, 2.45) is 17.3 Å². The Labute approximate surface area is 161 Å². The van der Waals surface area contributed by atoms with Gasteiger partial charge in [-0.15, -0.1) is 0 Å². The first-order chi connectivity index (χ1) is 12.5. The molecule has 1 rings (SSSR count). The van der Waals surface area contributed by atoms with E-state index in [9.17, 15) is 18.5 Å². The molecule has 0 spiro atoms. The Morgan fingerprint density at radius 3 is 2.48 bits per heavy atom. The van der Waals surface area contributed by atoms with Crippen LogP contribution in [0.25, 0.3) is 0 Å². The molecule has 0 saturated heterocycles. The lowest BCUT2D eigenvalue weighted by atomic mass is 9.80. The average molecular weight is 408 g/mol. The maximum atomic E-state index is 14.0. The molecule has 156 valence electrons. The fraction of sp³-hybridized carbons (Fsp3) is 0.889. The molecule has 1 aliphatic carbocycles. The summed E-state index contributed by atoms with van der Waals surface area (Å²) >= 11 is 0. The normalized spacial score (nSPS) is 23.1. The molecule has 7 nitrogen and oxygen atoms in total. The molecule has 5 atom stereocenters. The van der Waals surface area contributed by atoms with Crippen molar-refractivity contribution in [1.29, 1.82) is 0 Å². The molecule has 0 heterocycles. The van der Waals surface area contributed by atoms with Crippen LogP contribution in [0.15, 0.2) is 0 Å². The van der Waals surface area contributed by atoms with Gasteiger partial charge in [-0.2, -0.15) is 4.89 Å². The molecule has 0 radical (unpaired) electrons. The van der Waals surface area contributed by atoms with Gasteiger partial charge in [0.1, 0.15) is 0 Å². The predicted molar refractivity (Wildman–Crippen MR) is 98.9 cm³/mol. The average Bonchev–Trinajstić information content (AvgIpc) is 2.51. The van der Waals surface area contributed by atoms with Gasteiger partial charge in [-0.05, 0) is 56.9 Å². The quantitative estimate of drug-likeness (QED) is 0.269. The van der Waals surface area contributed by atoms with Crippen molar-refractivity contribution in [2.75, 3.05) is 6.16 Å². The summed E-state index contributed by atoms with van der Waals surface area (Å²) in [7, 11) is -2.13. The van der Waals surface area contributed by atoms with Crippen LogP contribution in [-0.2, 0) is 18.8 Å². The number of amides is 1. The molecule has 0 aliphatic heterocycles. The van der Waals surface area contributed by atoms with Gasteiger partial charge in [-0.1, -0.05) is 12.8 Å². The number of rotatable bonds is 8. The third kappa shape index (κ3) is 10.0. The van der Waals surface area contributed by atoms with Crippen molar-refractivity contribution in [3.63, 3.8) is 0 Å². The molecule has 5 unspecified atom stereocenters. The van der Waals surface area contributed by atoms with Gasteiger partial charge < -0.3 is 9.47 Å². The third-order valence-electron chi connectivity index (χ3n) is 4.57. The summed E-state index contributed by atoms with van der Waals surface area (Å²) in [5, 5.41) is 2.10. The van der Waals surface area contributed by atoms with Crippen LogP contribution >= 0.6 is 8.03 Å². The molecule has 27 heavy (non-hydrogen) atoms. The molecule has 1 amide bonds. The topological polar surface area (TPSA) is 102 Å². The molecule has 0 aromatic heterocycles. The van der Waals surface area contributed by atoms with Crippen molar-refractivity contribution >= 4 is 20.1 Å². The van der Waals surface area contributed by atoms with Crippen LogP contribution in [0.4, 0.5) is 9.18 Å². The summed E-state index contributed by atoms with van der Waals surface area (Å²) in [5.74, 6) is -0.00999. The van der Waals surface area contributed by atoms with Gasteiger partial charge in [0.05, 0.1) is 5.41 Å². The lowest BCUT2D eigenvalue weighted by Gasteiger charge is -2.27. The van der Waals surface area contributed by atoms with E-state index in [1.54, 1.807) is 20.8 Å². The highest BCUT2D eigenvalue weighted by Gasteiger charge is 2.29. The highest BCUT2D eigenvalue weighted by Crippen LogP contribution is 2.36. The Morgan fingerprint density at radius 2 is 1.89 bits per heavy atom. The number of carbonyl (C=O) groups is 2. The molecule has 9 heteroatoms. The highest BCUT2D eigenvalue weighted by molar-refractivity contribution is 7.38. The second kappa shape index (κ2) is 10.9. The lowest BCUT2D eigenvalue weighted by molar-refractivity contribution is -0.174. The number of esters is 1. The van der Waals surface area contributed by atoms with Crippen LogP contribution in [0.3, 0.4) is 0 Å². The number of alkyl halides is 1. The summed E-state index contributed by atoms with van der Waals surface area (Å²) in [4.78, 5) is 32.4. The van der Waals surface area contributed by atoms with Crippen LogP contribution in [0, 0.1) is 17.3 Å². The SMILES string of the molecule is CC(OC(=O)NC(F)CCC1CCCC(C[P+](=O)O)C1)OC(=O)C(C)(C)C. The molecular weight excluding hydrogens is 376 g/mol. The number of halogens is 1. The molecule has 1 aliphatic rings. The van der Waals surface area contributed by atoms with E-state index in [-0.39, 0.29) is 12.3 Å². The van der Waals surface area contributed by atoms with E-state index in [0.717, 1.165) is 25.7 Å². The fourth-order valence-corrected chi connectivity index (χ4v) is 3.94. The standard InChI is InChI=1S/C18H31FNO6P/c1-12(25-16(21)18(2,3)4)26-17(22)20-15(19)9-8-13-6-5-7-14(10-13)11-27(23)24/h12-15H,5-11H2,1-4H3,(H-,20,22,23,24)/p+1. The zero-order chi connectivity index (χ0) is 20.6. The minimum atomic E-state index is -2.13. The Balaban J connectivity index is 2.29. The first kappa shape index (κ1) is 23.8. The minimum Gasteiger partial charge on any atom is -0.425 e. The van der Waals surface area contributed by atoms with Gasteiger partial charge in [0.15, 0.2) is 12.5 Å². The largest absolute Gasteiger partial charge is 0.505 e. The summed E-state index contributed by atoms with van der Waals surface area (Å²) < 4.78 is 34.8. The second-order valence-corrected chi connectivity index (χ2v) is 9.32. The number of hydrogen-bond donors (Lipinski definition) is 2. The van der Waals surface area contributed by atoms with Crippen molar-refractivity contribution in [3.8, 4) is 0 Å². The molecule has 1 saturated carbocycles. The first-order valence-corrected chi connectivity index (χ1v) is 10.8. The summed E-state index contributed by atoms with van der Waals surface area (Å²) in [6, 6.07) is 0. The fourth-order valence-electron chi connectivity index (χ4n) is 3.17. The van der Waals surface area contributed by atoms with E-state index in [2.05, 4.69) is 5.32 Å². The van der Waals surface area contributed by atoms with Crippen molar-refractivity contribution in [2.45, 2.75) is 78.8 Å². The van der Waals surface area contributed by atoms with Gasteiger partial charge in [-0.25, -0.2) is 9.18 Å². The van der Waals surface area contributed by atoms with Crippen molar-refractivity contribution < 1.29 is 32.9 Å². The first-order valence-electron chi connectivity index (χ1n) is 9.43. The van der Waals surface area contributed by atoms with E-state index in [0.29, 0.717) is 18.5 Å². The number of carbonyl (C=O) groups excluding carboxylic acids is 2. The van der Waals surface area contributed by atoms with Crippen LogP contribution in [-0.4, -0.2) is 35.7 Å². The third-order valence-corrected chi connectivity index (χ3v) is 5.40. The van der Waals surface area contributed by atoms with Crippen LogP contribution < -0.4 is 5.32 Å². The zero-order valence-corrected chi connectivity index (χ0v) is 17.5. The predicted octanol–water partition coefficient (Wildman–Crippen LogP) is 4.26. The number of nitrogens with one attached hydrogen (secondary N) is 1. The molecule has 1 fully saturated rings. The maximum Gasteiger partial charge on any atom is 0.505 e. The van der Waals surface area contributed by atoms with E-state index in [4.69, 9.17) is 14.4 Å². The van der Waals surface area contributed by atoms with Crippen molar-refractivity contribution in [1.82, 2.24) is 5.32 Å². The molecule has 0 aromatic rings. The summed E-state index contributed by atoms with van der Waals surface area (Å²) in [6.45, 7) is 6.42. The second-order valence-electron chi connectivity index (χ2n) is 8.25. The lowest BCUT2D eigenvalue weighted by Crippen LogP contribution is -2.37. The molecule has 2 N–H and O–H groups in total. The molecule has 0 bridgehead atoms. The molecular formula is C18H32FNO6P+. The van der Waals surface area contributed by atoms with Crippen molar-refractivity contribution in [3.05, 3.63) is 0 Å².